The van der Waals surface area contributed by atoms with Crippen molar-refractivity contribution in [3.8, 4) is 0 Å². The summed E-state index contributed by atoms with van der Waals surface area (Å²) >= 11 is 5.76. The van der Waals surface area contributed by atoms with Crippen molar-refractivity contribution >= 4 is 29.9 Å². The van der Waals surface area contributed by atoms with Gasteiger partial charge < -0.3 is 4.90 Å². The molecule has 1 aliphatic carbocycles. The smallest absolute Gasteiger partial charge is 0.264 e. The fraction of sp³-hybridized carbons (Fsp3) is 0.615. The third-order valence-corrected chi connectivity index (χ3v) is 4.34. The number of thiol groups is 1. The van der Waals surface area contributed by atoms with Crippen LogP contribution in [0.3, 0.4) is 0 Å². The zero-order valence-electron chi connectivity index (χ0n) is 10.3. The maximum Gasteiger partial charge on any atom is 0.264 e. The minimum atomic E-state index is 0.193. The molecule has 0 aromatic carbocycles. The lowest BCUT2D eigenvalue weighted by molar-refractivity contribution is 0.0740. The Labute approximate surface area is 112 Å². The van der Waals surface area contributed by atoms with Crippen molar-refractivity contribution in [1.29, 1.82) is 0 Å². The molecule has 0 saturated heterocycles. The van der Waals surface area contributed by atoms with Gasteiger partial charge in [0, 0.05) is 22.9 Å². The van der Waals surface area contributed by atoms with Gasteiger partial charge in [0.05, 0.1) is 4.88 Å². The zero-order valence-corrected chi connectivity index (χ0v) is 12.1. The molecule has 1 fully saturated rings. The van der Waals surface area contributed by atoms with Gasteiger partial charge in [-0.2, -0.15) is 0 Å². The summed E-state index contributed by atoms with van der Waals surface area (Å²) in [5, 5.41) is 1.92. The van der Waals surface area contributed by atoms with E-state index in [0.717, 1.165) is 22.7 Å². The van der Waals surface area contributed by atoms with Crippen LogP contribution in [0.25, 0.3) is 0 Å². The number of carbonyl (C=O) groups excluding carboxylic acids is 1. The lowest BCUT2D eigenvalue weighted by atomic mass is 10.1. The van der Waals surface area contributed by atoms with Gasteiger partial charge in [-0.25, -0.2) is 0 Å². The van der Waals surface area contributed by atoms with E-state index in [1.807, 2.05) is 11.4 Å². The third-order valence-electron chi connectivity index (χ3n) is 2.99. The number of hydrogen-bond donors (Lipinski definition) is 1. The number of hydrogen-bond acceptors (Lipinski definition) is 3. The summed E-state index contributed by atoms with van der Waals surface area (Å²) in [7, 11) is 0. The Hall–Kier alpha value is -0.480. The number of nitrogens with zero attached hydrogens (tertiary/aromatic N) is 1. The average molecular weight is 269 g/mol. The van der Waals surface area contributed by atoms with Crippen LogP contribution in [-0.4, -0.2) is 23.4 Å². The lowest BCUT2D eigenvalue weighted by Crippen LogP contribution is -2.34. The molecule has 4 heteroatoms. The lowest BCUT2D eigenvalue weighted by Gasteiger charge is -2.22. The highest BCUT2D eigenvalue weighted by Crippen LogP contribution is 2.30. The average Bonchev–Trinajstić information content (AvgIpc) is 3.00. The van der Waals surface area contributed by atoms with Crippen molar-refractivity contribution in [3.63, 3.8) is 0 Å². The van der Waals surface area contributed by atoms with Gasteiger partial charge in [-0.15, -0.1) is 24.0 Å². The Morgan fingerprint density at radius 1 is 1.59 bits per heavy atom. The maximum atomic E-state index is 12.4. The highest BCUT2D eigenvalue weighted by molar-refractivity contribution is 7.80. The molecule has 0 radical (unpaired) electrons. The predicted octanol–water partition coefficient (Wildman–Crippen LogP) is 3.69. The fourth-order valence-electron chi connectivity index (χ4n) is 1.81. The van der Waals surface area contributed by atoms with Crippen molar-refractivity contribution in [1.82, 2.24) is 4.90 Å². The van der Waals surface area contributed by atoms with E-state index in [0.29, 0.717) is 12.0 Å². The number of amides is 1. The molecule has 1 heterocycles. The first-order chi connectivity index (χ1) is 8.08. The fourth-order valence-corrected chi connectivity index (χ4v) is 2.92. The van der Waals surface area contributed by atoms with Crippen LogP contribution >= 0.6 is 24.0 Å². The molecule has 94 valence electrons. The highest BCUT2D eigenvalue weighted by atomic mass is 32.1. The monoisotopic (exact) mass is 269 g/mol. The van der Waals surface area contributed by atoms with E-state index in [1.165, 1.54) is 24.2 Å². The van der Waals surface area contributed by atoms with Gasteiger partial charge in [-0.1, -0.05) is 13.8 Å². The van der Waals surface area contributed by atoms with Crippen molar-refractivity contribution in [3.05, 3.63) is 16.3 Å². The summed E-state index contributed by atoms with van der Waals surface area (Å²) in [5.74, 6) is 0.839. The Morgan fingerprint density at radius 2 is 2.29 bits per heavy atom. The molecule has 0 bridgehead atoms. The van der Waals surface area contributed by atoms with Crippen LogP contribution in [0.4, 0.5) is 0 Å². The van der Waals surface area contributed by atoms with E-state index in [2.05, 4.69) is 31.4 Å². The Morgan fingerprint density at radius 3 is 2.76 bits per heavy atom. The molecule has 0 N–H and O–H groups in total. The van der Waals surface area contributed by atoms with Crippen LogP contribution in [0.1, 0.15) is 42.8 Å². The molecule has 1 amide bonds. The largest absolute Gasteiger partial charge is 0.335 e. The van der Waals surface area contributed by atoms with E-state index >= 15 is 0 Å². The molecule has 1 aromatic rings. The molecular formula is C13H19NOS2. The predicted molar refractivity (Wildman–Crippen MR) is 75.1 cm³/mol. The van der Waals surface area contributed by atoms with Crippen LogP contribution < -0.4 is 0 Å². The first-order valence-electron chi connectivity index (χ1n) is 6.16. The van der Waals surface area contributed by atoms with Crippen molar-refractivity contribution in [2.75, 3.05) is 6.54 Å². The third kappa shape index (κ3) is 3.49. The molecule has 0 atom stereocenters. The molecular weight excluding hydrogens is 250 g/mol. The van der Waals surface area contributed by atoms with Gasteiger partial charge in [0.2, 0.25) is 0 Å². The van der Waals surface area contributed by atoms with Gasteiger partial charge in [-0.05, 0) is 31.2 Å². The Bertz CT molecular complexity index is 396. The van der Waals surface area contributed by atoms with Gasteiger partial charge in [0.15, 0.2) is 0 Å². The van der Waals surface area contributed by atoms with Crippen molar-refractivity contribution < 1.29 is 4.79 Å². The Kier molecular flexibility index (Phi) is 4.15. The quantitative estimate of drug-likeness (QED) is 0.808. The minimum absolute atomic E-state index is 0.193. The number of thiophene rings is 1. The second-order valence-corrected chi connectivity index (χ2v) is 6.51. The minimum Gasteiger partial charge on any atom is -0.335 e. The molecule has 1 saturated carbocycles. The second kappa shape index (κ2) is 5.44. The molecule has 0 aliphatic heterocycles. The maximum absolute atomic E-state index is 12.4. The summed E-state index contributed by atoms with van der Waals surface area (Å²) < 4.78 is 0. The van der Waals surface area contributed by atoms with E-state index in [1.54, 1.807) is 0 Å². The van der Waals surface area contributed by atoms with Gasteiger partial charge in [0.25, 0.3) is 5.91 Å². The summed E-state index contributed by atoms with van der Waals surface area (Å²) in [6, 6.07) is 2.37. The van der Waals surface area contributed by atoms with E-state index in [4.69, 9.17) is 0 Å². The van der Waals surface area contributed by atoms with Crippen LogP contribution in [0.15, 0.2) is 16.3 Å². The highest BCUT2D eigenvalue weighted by Gasteiger charge is 2.33. The summed E-state index contributed by atoms with van der Waals surface area (Å²) in [6.07, 6.45) is 3.42. The van der Waals surface area contributed by atoms with Crippen LogP contribution in [0.2, 0.25) is 0 Å². The first kappa shape index (κ1) is 13.0. The number of carbonyl (C=O) groups is 1. The van der Waals surface area contributed by atoms with E-state index < -0.39 is 0 Å². The van der Waals surface area contributed by atoms with Crippen LogP contribution in [-0.2, 0) is 0 Å². The molecule has 2 rings (SSSR count). The summed E-state index contributed by atoms with van der Waals surface area (Å²) in [5.41, 5.74) is 0. The molecule has 0 spiro atoms. The van der Waals surface area contributed by atoms with Crippen LogP contribution in [0.5, 0.6) is 0 Å². The first-order valence-corrected chi connectivity index (χ1v) is 7.49. The topological polar surface area (TPSA) is 20.3 Å². The molecule has 0 unspecified atom stereocenters. The van der Waals surface area contributed by atoms with Crippen molar-refractivity contribution in [2.45, 2.75) is 44.0 Å². The standard InChI is InChI=1S/C13H19NOS2/c1-9(2)5-6-14(10-3-4-10)13(15)12-7-11(16)8-17-12/h7-10,16H,3-6H2,1-2H3. The zero-order chi connectivity index (χ0) is 12.4. The second-order valence-electron chi connectivity index (χ2n) is 5.08. The van der Waals surface area contributed by atoms with Crippen LogP contribution in [0, 0.1) is 5.92 Å². The van der Waals surface area contributed by atoms with Gasteiger partial charge in [0.1, 0.15) is 0 Å². The normalized spacial score (nSPS) is 15.3. The van der Waals surface area contributed by atoms with E-state index in [-0.39, 0.29) is 5.91 Å². The van der Waals surface area contributed by atoms with Gasteiger partial charge in [-0.3, -0.25) is 4.79 Å². The summed E-state index contributed by atoms with van der Waals surface area (Å²) in [4.78, 5) is 16.1. The summed E-state index contributed by atoms with van der Waals surface area (Å²) in [6.45, 7) is 5.29. The Balaban J connectivity index is 2.02. The molecule has 1 aromatic heterocycles. The molecule has 17 heavy (non-hydrogen) atoms. The van der Waals surface area contributed by atoms with Gasteiger partial charge >= 0.3 is 0 Å². The van der Waals surface area contributed by atoms with E-state index in [9.17, 15) is 4.79 Å². The van der Waals surface area contributed by atoms with Crippen molar-refractivity contribution in [2.24, 2.45) is 5.92 Å². The number of rotatable bonds is 5. The molecule has 2 nitrogen and oxygen atoms in total. The molecule has 1 aliphatic rings. The SMILES string of the molecule is CC(C)CCN(C(=O)c1cc(S)cs1)C1CC1.